The molecular weight excluding hydrogens is 372 g/mol. The third-order valence-electron chi connectivity index (χ3n) is 6.00. The van der Waals surface area contributed by atoms with Gasteiger partial charge >= 0.3 is 0 Å². The lowest BCUT2D eigenvalue weighted by molar-refractivity contribution is -0.135. The minimum absolute atomic E-state index is 0.0882. The minimum Gasteiger partial charge on any atom is -0.341 e. The second kappa shape index (κ2) is 8.96. The maximum atomic E-state index is 13.5. The van der Waals surface area contributed by atoms with E-state index in [1.165, 1.54) is 0 Å². The molecule has 0 aliphatic carbocycles. The number of aryl methyl sites for hydroxylation is 1. The Kier molecular flexibility index (Phi) is 5.94. The first-order chi connectivity index (χ1) is 14.7. The average Bonchev–Trinajstić information content (AvgIpc) is 3.22. The van der Waals surface area contributed by atoms with Gasteiger partial charge < -0.3 is 9.47 Å². The van der Waals surface area contributed by atoms with Crippen LogP contribution in [0.25, 0.3) is 0 Å². The molecule has 152 valence electrons. The largest absolute Gasteiger partial charge is 0.341 e. The van der Waals surface area contributed by atoms with Crippen molar-refractivity contribution in [2.75, 3.05) is 13.1 Å². The number of nitrogens with zero attached hydrogens (tertiary/aromatic N) is 4. The number of imidazole rings is 1. The standard InChI is InChI=1S/C25H26N4O/c1-19-17-29(18-27-19)24(22-10-6-3-7-11-22)25(30)28-14-12-21(13-15-28)23(16-26)20-8-4-2-5-9-20/h2-11,17-18,21,23-24H,12-15H2,1H3. The molecule has 5 heteroatoms. The number of rotatable bonds is 5. The summed E-state index contributed by atoms with van der Waals surface area (Å²) >= 11 is 0. The Balaban J connectivity index is 1.50. The number of piperidine rings is 1. The predicted molar refractivity (Wildman–Crippen MR) is 116 cm³/mol. The first-order valence-electron chi connectivity index (χ1n) is 10.5. The molecule has 0 N–H and O–H groups in total. The summed E-state index contributed by atoms with van der Waals surface area (Å²) in [6.45, 7) is 3.27. The first-order valence-corrected chi connectivity index (χ1v) is 10.5. The highest BCUT2D eigenvalue weighted by Crippen LogP contribution is 2.33. The van der Waals surface area contributed by atoms with Crippen molar-refractivity contribution in [2.45, 2.75) is 31.7 Å². The molecule has 1 aliphatic rings. The van der Waals surface area contributed by atoms with Crippen LogP contribution in [-0.2, 0) is 4.79 Å². The minimum atomic E-state index is -0.412. The number of nitriles is 1. The lowest BCUT2D eigenvalue weighted by atomic mass is 9.81. The Hall–Kier alpha value is -3.39. The molecule has 1 fully saturated rings. The fraction of sp³-hybridized carbons (Fsp3) is 0.320. The Morgan fingerprint density at radius 3 is 2.17 bits per heavy atom. The highest BCUT2D eigenvalue weighted by atomic mass is 16.2. The van der Waals surface area contributed by atoms with E-state index in [1.54, 1.807) is 6.33 Å². The molecule has 1 amide bonds. The molecule has 1 saturated heterocycles. The van der Waals surface area contributed by atoms with E-state index in [1.807, 2.05) is 83.3 Å². The van der Waals surface area contributed by atoms with Gasteiger partial charge in [0.05, 0.1) is 24.0 Å². The molecule has 2 heterocycles. The smallest absolute Gasteiger partial charge is 0.250 e. The summed E-state index contributed by atoms with van der Waals surface area (Å²) in [5.74, 6) is 0.238. The molecule has 1 aliphatic heterocycles. The van der Waals surface area contributed by atoms with Gasteiger partial charge in [0.25, 0.3) is 0 Å². The van der Waals surface area contributed by atoms with Gasteiger partial charge in [-0.25, -0.2) is 4.98 Å². The second-order valence-electron chi connectivity index (χ2n) is 7.96. The highest BCUT2D eigenvalue weighted by molar-refractivity contribution is 5.83. The fourth-order valence-corrected chi connectivity index (χ4v) is 4.40. The first kappa shape index (κ1) is 19.9. The van der Waals surface area contributed by atoms with Gasteiger partial charge in [0.1, 0.15) is 6.04 Å². The lowest BCUT2D eigenvalue weighted by Gasteiger charge is -2.36. The van der Waals surface area contributed by atoms with Crippen LogP contribution in [0.2, 0.25) is 0 Å². The Labute approximate surface area is 177 Å². The van der Waals surface area contributed by atoms with Crippen LogP contribution in [0.3, 0.4) is 0 Å². The molecule has 1 aromatic heterocycles. The van der Waals surface area contributed by atoms with Crippen molar-refractivity contribution in [2.24, 2.45) is 5.92 Å². The van der Waals surface area contributed by atoms with Crippen molar-refractivity contribution in [3.8, 4) is 6.07 Å². The normalized spacial score (nSPS) is 16.6. The van der Waals surface area contributed by atoms with Crippen LogP contribution in [0.1, 0.15) is 41.6 Å². The van der Waals surface area contributed by atoms with Gasteiger partial charge in [-0.1, -0.05) is 60.7 Å². The molecule has 0 saturated carbocycles. The number of carbonyl (C=O) groups excluding carboxylic acids is 1. The summed E-state index contributed by atoms with van der Waals surface area (Å²) in [6.07, 6.45) is 5.33. The molecule has 0 spiro atoms. The van der Waals surface area contributed by atoms with E-state index in [-0.39, 0.29) is 17.7 Å². The molecule has 2 atom stereocenters. The summed E-state index contributed by atoms with van der Waals surface area (Å²) < 4.78 is 1.90. The zero-order valence-electron chi connectivity index (χ0n) is 17.2. The molecule has 30 heavy (non-hydrogen) atoms. The van der Waals surface area contributed by atoms with Gasteiger partial charge in [0.2, 0.25) is 5.91 Å². The van der Waals surface area contributed by atoms with Crippen molar-refractivity contribution in [1.82, 2.24) is 14.5 Å². The summed E-state index contributed by atoms with van der Waals surface area (Å²) in [5.41, 5.74) is 2.92. The van der Waals surface area contributed by atoms with Crippen molar-refractivity contribution in [3.63, 3.8) is 0 Å². The summed E-state index contributed by atoms with van der Waals surface area (Å²) in [4.78, 5) is 19.8. The van der Waals surface area contributed by atoms with Gasteiger partial charge in [-0.3, -0.25) is 4.79 Å². The zero-order valence-corrected chi connectivity index (χ0v) is 17.2. The van der Waals surface area contributed by atoms with Crippen molar-refractivity contribution >= 4 is 5.91 Å². The van der Waals surface area contributed by atoms with E-state index in [4.69, 9.17) is 0 Å². The van der Waals surface area contributed by atoms with Gasteiger partial charge in [-0.05, 0) is 36.8 Å². The number of hydrogen-bond acceptors (Lipinski definition) is 3. The Bertz CT molecular complexity index is 1010. The van der Waals surface area contributed by atoms with E-state index in [0.717, 1.165) is 29.7 Å². The van der Waals surface area contributed by atoms with E-state index in [0.29, 0.717) is 13.1 Å². The maximum Gasteiger partial charge on any atom is 0.250 e. The van der Waals surface area contributed by atoms with Crippen LogP contribution < -0.4 is 0 Å². The van der Waals surface area contributed by atoms with Crippen LogP contribution >= 0.6 is 0 Å². The van der Waals surface area contributed by atoms with E-state index < -0.39 is 6.04 Å². The second-order valence-corrected chi connectivity index (χ2v) is 7.96. The molecule has 5 nitrogen and oxygen atoms in total. The molecular formula is C25H26N4O. The van der Waals surface area contributed by atoms with Gasteiger partial charge in [0, 0.05) is 19.3 Å². The monoisotopic (exact) mass is 398 g/mol. The summed E-state index contributed by atoms with van der Waals surface area (Å²) in [5, 5.41) is 9.75. The van der Waals surface area contributed by atoms with Crippen LogP contribution in [0.15, 0.2) is 73.2 Å². The summed E-state index contributed by atoms with van der Waals surface area (Å²) in [6, 6.07) is 21.9. The van der Waals surface area contributed by atoms with E-state index in [9.17, 15) is 10.1 Å². The van der Waals surface area contributed by atoms with Crippen molar-refractivity contribution in [1.29, 1.82) is 5.26 Å². The molecule has 4 rings (SSSR count). The predicted octanol–water partition coefficient (Wildman–Crippen LogP) is 4.33. The maximum absolute atomic E-state index is 13.5. The average molecular weight is 399 g/mol. The highest BCUT2D eigenvalue weighted by Gasteiger charge is 2.33. The van der Waals surface area contributed by atoms with Crippen molar-refractivity contribution in [3.05, 3.63) is 90.0 Å². The molecule has 2 unspecified atom stereocenters. The Morgan fingerprint density at radius 2 is 1.63 bits per heavy atom. The summed E-state index contributed by atoms with van der Waals surface area (Å²) in [7, 11) is 0. The number of hydrogen-bond donors (Lipinski definition) is 0. The van der Waals surface area contributed by atoms with Crippen LogP contribution in [0, 0.1) is 24.2 Å². The van der Waals surface area contributed by atoms with Crippen LogP contribution in [0.4, 0.5) is 0 Å². The Morgan fingerprint density at radius 1 is 1.03 bits per heavy atom. The lowest BCUT2D eigenvalue weighted by Crippen LogP contribution is -2.43. The fourth-order valence-electron chi connectivity index (χ4n) is 4.40. The van der Waals surface area contributed by atoms with Gasteiger partial charge in [0.15, 0.2) is 0 Å². The third kappa shape index (κ3) is 4.13. The molecule has 0 bridgehead atoms. The van der Waals surface area contributed by atoms with Gasteiger partial charge in [-0.2, -0.15) is 5.26 Å². The van der Waals surface area contributed by atoms with Crippen molar-refractivity contribution < 1.29 is 4.79 Å². The SMILES string of the molecule is Cc1cn(C(C(=O)N2CCC(C(C#N)c3ccccc3)CC2)c2ccccc2)cn1. The van der Waals surface area contributed by atoms with E-state index in [2.05, 4.69) is 11.1 Å². The molecule has 0 radical (unpaired) electrons. The zero-order chi connectivity index (χ0) is 20.9. The number of aromatic nitrogens is 2. The number of carbonyl (C=O) groups is 1. The number of benzene rings is 2. The quantitative estimate of drug-likeness (QED) is 0.643. The third-order valence-corrected chi connectivity index (χ3v) is 6.00. The van der Waals surface area contributed by atoms with Gasteiger partial charge in [-0.15, -0.1) is 0 Å². The molecule has 3 aromatic rings. The van der Waals surface area contributed by atoms with Crippen LogP contribution in [-0.4, -0.2) is 33.4 Å². The molecule has 2 aromatic carbocycles. The number of amides is 1. The topological polar surface area (TPSA) is 61.9 Å². The van der Waals surface area contributed by atoms with E-state index >= 15 is 0 Å². The van der Waals surface area contributed by atoms with Crippen LogP contribution in [0.5, 0.6) is 0 Å². The number of likely N-dealkylation sites (tertiary alicyclic amines) is 1.